The first-order chi connectivity index (χ1) is 19.9. The Hall–Kier alpha value is -3.28. The van der Waals surface area contributed by atoms with Crippen molar-refractivity contribution in [1.82, 2.24) is 9.80 Å². The molecule has 0 unspecified atom stereocenters. The summed E-state index contributed by atoms with van der Waals surface area (Å²) in [5, 5.41) is 19.8. The molecule has 2 fully saturated rings. The first-order valence-corrected chi connectivity index (χ1v) is 14.2. The first kappa shape index (κ1) is 30.2. The number of furan rings is 1. The number of ether oxygens (including phenoxy) is 1. The number of fused-ring (bicyclic) bond motifs is 3. The van der Waals surface area contributed by atoms with Gasteiger partial charge in [0.1, 0.15) is 11.3 Å². The summed E-state index contributed by atoms with van der Waals surface area (Å²) in [6.07, 6.45) is -1.78. The highest BCUT2D eigenvalue weighted by Crippen LogP contribution is 2.46. The second-order valence-corrected chi connectivity index (χ2v) is 11.6. The molecule has 0 bridgehead atoms. The SMILES string of the molecule is O=C(O)C(F)(F)F.O=C(c1cc2ccccc2o1)N1CCC([C@H](O)CN2CCC3(CC2)COc2cc(Cl)ccc23)CC1. The van der Waals surface area contributed by atoms with E-state index in [1.807, 2.05) is 47.4 Å². The number of likely N-dealkylation sites (tertiary alicyclic amines) is 2. The predicted molar refractivity (Wildman–Crippen MR) is 149 cm³/mol. The third-order valence-corrected chi connectivity index (χ3v) is 8.76. The average molecular weight is 609 g/mol. The Morgan fingerprint density at radius 1 is 1.05 bits per heavy atom. The number of amides is 1. The number of aliphatic carboxylic acids is 1. The lowest BCUT2D eigenvalue weighted by molar-refractivity contribution is -0.192. The Morgan fingerprint density at radius 2 is 1.71 bits per heavy atom. The third-order valence-electron chi connectivity index (χ3n) is 8.53. The number of aliphatic hydroxyl groups excluding tert-OH is 1. The number of aliphatic hydroxyl groups is 1. The van der Waals surface area contributed by atoms with E-state index in [4.69, 9.17) is 30.7 Å². The van der Waals surface area contributed by atoms with Gasteiger partial charge < -0.3 is 29.2 Å². The summed E-state index contributed by atoms with van der Waals surface area (Å²) in [5.74, 6) is -1.28. The maximum atomic E-state index is 12.9. The van der Waals surface area contributed by atoms with E-state index in [0.29, 0.717) is 30.4 Å². The van der Waals surface area contributed by atoms with Crippen LogP contribution in [0.1, 0.15) is 41.8 Å². The largest absolute Gasteiger partial charge is 0.492 e. The Balaban J connectivity index is 0.000000451. The number of piperidine rings is 2. The molecule has 0 radical (unpaired) electrons. The fraction of sp³-hybridized carbons (Fsp3) is 0.467. The van der Waals surface area contributed by atoms with Gasteiger partial charge in [0, 0.05) is 41.0 Å². The standard InChI is InChI=1S/C28H31ClN2O4.C2HF3O2/c29-21-5-6-22-25(16-21)34-18-28(22)9-13-30(14-10-28)17-23(32)19-7-11-31(12-8-19)27(33)26-15-20-3-1-2-4-24(20)35-26;3-2(4,5)1(6)7/h1-6,15-16,19,23,32H,7-14,17-18H2;(H,6,7)/t23-;/m1./s1. The Morgan fingerprint density at radius 3 is 2.36 bits per heavy atom. The van der Waals surface area contributed by atoms with Gasteiger partial charge in [-0.25, -0.2) is 4.79 Å². The number of carboxylic acid groups (broad SMARTS) is 1. The molecule has 1 amide bonds. The van der Waals surface area contributed by atoms with E-state index in [0.717, 1.165) is 62.1 Å². The van der Waals surface area contributed by atoms with Crippen LogP contribution in [0.3, 0.4) is 0 Å². The molecule has 1 spiro atoms. The van der Waals surface area contributed by atoms with Gasteiger partial charge in [0.15, 0.2) is 5.76 Å². The van der Waals surface area contributed by atoms with Crippen LogP contribution < -0.4 is 4.74 Å². The molecule has 8 nitrogen and oxygen atoms in total. The van der Waals surface area contributed by atoms with Crippen molar-refractivity contribution >= 4 is 34.4 Å². The van der Waals surface area contributed by atoms with Crippen molar-refractivity contribution in [3.8, 4) is 5.75 Å². The Labute approximate surface area is 245 Å². The summed E-state index contributed by atoms with van der Waals surface area (Å²) < 4.78 is 43.5. The van der Waals surface area contributed by atoms with Gasteiger partial charge in [0.25, 0.3) is 5.91 Å². The predicted octanol–water partition coefficient (Wildman–Crippen LogP) is 5.36. The van der Waals surface area contributed by atoms with E-state index in [2.05, 4.69) is 11.0 Å². The zero-order valence-electron chi connectivity index (χ0n) is 22.8. The van der Waals surface area contributed by atoms with Crippen molar-refractivity contribution in [2.24, 2.45) is 5.92 Å². The van der Waals surface area contributed by atoms with E-state index in [-0.39, 0.29) is 23.3 Å². The van der Waals surface area contributed by atoms with Crippen molar-refractivity contribution in [3.63, 3.8) is 0 Å². The number of benzene rings is 2. The molecule has 6 rings (SSSR count). The second-order valence-electron chi connectivity index (χ2n) is 11.2. The van der Waals surface area contributed by atoms with E-state index in [1.54, 1.807) is 0 Å². The molecule has 3 aromatic rings. The number of hydrogen-bond donors (Lipinski definition) is 2. The summed E-state index contributed by atoms with van der Waals surface area (Å²) in [5.41, 5.74) is 2.09. The normalized spacial score (nSPS) is 19.6. The highest BCUT2D eigenvalue weighted by Gasteiger charge is 2.43. The highest BCUT2D eigenvalue weighted by molar-refractivity contribution is 6.30. The molecule has 2 N–H and O–H groups in total. The minimum Gasteiger partial charge on any atom is -0.492 e. The molecule has 4 heterocycles. The molecule has 1 atom stereocenters. The molecule has 0 saturated carbocycles. The van der Waals surface area contributed by atoms with Crippen LogP contribution in [0.2, 0.25) is 5.02 Å². The van der Waals surface area contributed by atoms with Gasteiger partial charge in [-0.2, -0.15) is 13.2 Å². The summed E-state index contributed by atoms with van der Waals surface area (Å²) in [6.45, 7) is 4.61. The van der Waals surface area contributed by atoms with Crippen molar-refractivity contribution < 1.29 is 42.1 Å². The Bertz CT molecular complexity index is 1390. The summed E-state index contributed by atoms with van der Waals surface area (Å²) in [6, 6.07) is 15.5. The molecule has 42 heavy (non-hydrogen) atoms. The van der Waals surface area contributed by atoms with Crippen LogP contribution in [0, 0.1) is 5.92 Å². The van der Waals surface area contributed by atoms with E-state index in [1.165, 1.54) is 5.56 Å². The summed E-state index contributed by atoms with van der Waals surface area (Å²) >= 11 is 6.14. The van der Waals surface area contributed by atoms with Gasteiger partial charge in [-0.05, 0) is 69.0 Å². The molecule has 2 saturated heterocycles. The van der Waals surface area contributed by atoms with E-state index < -0.39 is 12.1 Å². The van der Waals surface area contributed by atoms with Crippen molar-refractivity contribution in [2.75, 3.05) is 39.3 Å². The smallest absolute Gasteiger partial charge is 0.490 e. The molecular formula is C30H32ClF3N2O6. The zero-order chi connectivity index (χ0) is 30.1. The number of carbonyl (C=O) groups excluding carboxylic acids is 1. The summed E-state index contributed by atoms with van der Waals surface area (Å²) in [4.78, 5) is 26.1. The second kappa shape index (κ2) is 12.1. The number of nitrogens with zero attached hydrogens (tertiary/aromatic N) is 2. The minimum absolute atomic E-state index is 0.0594. The molecule has 0 aliphatic carbocycles. The molecular weight excluding hydrogens is 577 g/mol. The van der Waals surface area contributed by atoms with Crippen LogP contribution in [0.25, 0.3) is 11.0 Å². The highest BCUT2D eigenvalue weighted by atomic mass is 35.5. The van der Waals surface area contributed by atoms with Gasteiger partial charge in [-0.15, -0.1) is 0 Å². The zero-order valence-corrected chi connectivity index (χ0v) is 23.5. The first-order valence-electron chi connectivity index (χ1n) is 13.9. The van der Waals surface area contributed by atoms with Gasteiger partial charge in [0.05, 0.1) is 12.7 Å². The monoisotopic (exact) mass is 608 g/mol. The molecule has 3 aliphatic rings. The molecule has 12 heteroatoms. The number of carbonyl (C=O) groups is 2. The quantitative estimate of drug-likeness (QED) is 0.411. The lowest BCUT2D eigenvalue weighted by Gasteiger charge is -2.41. The minimum atomic E-state index is -5.08. The lowest BCUT2D eigenvalue weighted by Crippen LogP contribution is -2.48. The number of β-amino-alcohol motifs (C(OH)–C–C–N with tert-alkyl or cyclic N) is 1. The van der Waals surface area contributed by atoms with Crippen LogP contribution in [-0.4, -0.2) is 83.5 Å². The van der Waals surface area contributed by atoms with Crippen molar-refractivity contribution in [1.29, 1.82) is 0 Å². The molecule has 3 aliphatic heterocycles. The fourth-order valence-electron chi connectivity index (χ4n) is 6.07. The van der Waals surface area contributed by atoms with Crippen LogP contribution >= 0.6 is 11.6 Å². The van der Waals surface area contributed by atoms with E-state index in [9.17, 15) is 23.1 Å². The number of para-hydroxylation sites is 1. The summed E-state index contributed by atoms with van der Waals surface area (Å²) in [7, 11) is 0. The lowest BCUT2D eigenvalue weighted by atomic mass is 9.74. The third kappa shape index (κ3) is 6.53. The number of hydrogen-bond acceptors (Lipinski definition) is 6. The van der Waals surface area contributed by atoms with Crippen LogP contribution in [0.15, 0.2) is 52.9 Å². The topological polar surface area (TPSA) is 103 Å². The van der Waals surface area contributed by atoms with Crippen LogP contribution in [0.5, 0.6) is 5.75 Å². The molecule has 1 aromatic heterocycles. The Kier molecular flexibility index (Phi) is 8.73. The van der Waals surface area contributed by atoms with Crippen molar-refractivity contribution in [2.45, 2.75) is 43.4 Å². The number of alkyl halides is 3. The maximum absolute atomic E-state index is 12.9. The van der Waals surface area contributed by atoms with Gasteiger partial charge in [0.2, 0.25) is 0 Å². The van der Waals surface area contributed by atoms with Crippen LogP contribution in [0.4, 0.5) is 13.2 Å². The number of rotatable bonds is 4. The average Bonchev–Trinajstić information content (AvgIpc) is 3.55. The van der Waals surface area contributed by atoms with Gasteiger partial charge in [-0.1, -0.05) is 35.9 Å². The van der Waals surface area contributed by atoms with Crippen LogP contribution in [-0.2, 0) is 10.2 Å². The molecule has 2 aromatic carbocycles. The number of carboxylic acids is 1. The fourth-order valence-corrected chi connectivity index (χ4v) is 6.23. The maximum Gasteiger partial charge on any atom is 0.490 e. The molecule has 226 valence electrons. The van der Waals surface area contributed by atoms with Gasteiger partial charge >= 0.3 is 12.1 Å². The number of halogens is 4. The van der Waals surface area contributed by atoms with Crippen molar-refractivity contribution in [3.05, 3.63) is 64.9 Å². The van der Waals surface area contributed by atoms with Gasteiger partial charge in [-0.3, -0.25) is 4.79 Å². The van der Waals surface area contributed by atoms with E-state index >= 15 is 0 Å².